The molecule has 0 saturated carbocycles. The number of hydrogen-bond acceptors (Lipinski definition) is 9. The topological polar surface area (TPSA) is 146 Å². The average Bonchev–Trinajstić information content (AvgIpc) is 3.41. The van der Waals surface area contributed by atoms with E-state index in [9.17, 15) is 8.42 Å². The molecule has 0 aliphatic carbocycles. The van der Waals surface area contributed by atoms with E-state index in [2.05, 4.69) is 19.7 Å². The molecule has 9 nitrogen and oxygen atoms in total. The smallest absolute Gasteiger partial charge is 0.271 e. The first-order chi connectivity index (χ1) is 17.3. The van der Waals surface area contributed by atoms with Crippen LogP contribution >= 0.6 is 11.3 Å². The number of pyridine rings is 1. The Labute approximate surface area is 209 Å². The number of rotatable bonds is 6. The summed E-state index contributed by atoms with van der Waals surface area (Å²) in [7, 11) is -2.47. The number of fused-ring (bicyclic) bond motifs is 1. The van der Waals surface area contributed by atoms with E-state index in [-0.39, 0.29) is 21.3 Å². The van der Waals surface area contributed by atoms with Crippen LogP contribution in [-0.4, -0.2) is 30.5 Å². The molecule has 0 unspecified atom stereocenters. The highest BCUT2D eigenvalue weighted by Crippen LogP contribution is 2.37. The number of hydrogen-bond donors (Lipinski definition) is 3. The summed E-state index contributed by atoms with van der Waals surface area (Å²) < 4.78 is 48.7. The zero-order valence-electron chi connectivity index (χ0n) is 18.8. The normalized spacial score (nSPS) is 11.5. The van der Waals surface area contributed by atoms with Crippen LogP contribution in [0.25, 0.3) is 33.4 Å². The number of methoxy groups -OCH3 is 1. The van der Waals surface area contributed by atoms with Gasteiger partial charge >= 0.3 is 0 Å². The average molecular weight is 523 g/mol. The molecular formula is C24H19FN6O3S2. The predicted octanol–water partition coefficient (Wildman–Crippen LogP) is 4.53. The summed E-state index contributed by atoms with van der Waals surface area (Å²) in [6, 6.07) is 14.1. The van der Waals surface area contributed by atoms with Crippen molar-refractivity contribution in [2.45, 2.75) is 4.21 Å². The van der Waals surface area contributed by atoms with Gasteiger partial charge in [0.1, 0.15) is 27.1 Å². The molecule has 3 aromatic heterocycles. The number of anilines is 3. The Morgan fingerprint density at radius 2 is 1.86 bits per heavy atom. The van der Waals surface area contributed by atoms with Crippen molar-refractivity contribution in [3.05, 3.63) is 72.0 Å². The first kappa shape index (κ1) is 23.5. The number of nitrogens with two attached hydrogens (primary N) is 2. The number of sulfonamides is 1. The molecule has 0 saturated heterocycles. The quantitative estimate of drug-likeness (QED) is 0.295. The highest BCUT2D eigenvalue weighted by molar-refractivity contribution is 7.94. The van der Waals surface area contributed by atoms with E-state index in [4.69, 9.17) is 16.2 Å². The molecule has 0 bridgehead atoms. The Bertz CT molecular complexity index is 1690. The van der Waals surface area contributed by atoms with E-state index in [1.54, 1.807) is 41.8 Å². The second-order valence-electron chi connectivity index (χ2n) is 7.68. The maximum absolute atomic E-state index is 15.5. The maximum Gasteiger partial charge on any atom is 0.271 e. The molecule has 0 spiro atoms. The van der Waals surface area contributed by atoms with Crippen LogP contribution in [0.5, 0.6) is 5.75 Å². The molecule has 2 aromatic carbocycles. The third kappa shape index (κ3) is 4.27. The summed E-state index contributed by atoms with van der Waals surface area (Å²) in [6.45, 7) is 0. The summed E-state index contributed by atoms with van der Waals surface area (Å²) in [5, 5.41) is 2.07. The summed E-state index contributed by atoms with van der Waals surface area (Å²) >= 11 is 1.04. The monoisotopic (exact) mass is 522 g/mol. The molecule has 36 heavy (non-hydrogen) atoms. The molecule has 0 amide bonds. The van der Waals surface area contributed by atoms with Crippen LogP contribution in [0, 0.1) is 5.82 Å². The van der Waals surface area contributed by atoms with E-state index in [1.165, 1.54) is 31.5 Å². The van der Waals surface area contributed by atoms with E-state index in [0.717, 1.165) is 11.3 Å². The fourth-order valence-electron chi connectivity index (χ4n) is 3.65. The van der Waals surface area contributed by atoms with Gasteiger partial charge in [0.2, 0.25) is 0 Å². The van der Waals surface area contributed by atoms with Crippen molar-refractivity contribution in [1.29, 1.82) is 0 Å². The largest absolute Gasteiger partial charge is 0.494 e. The van der Waals surface area contributed by atoms with Crippen molar-refractivity contribution in [1.82, 2.24) is 15.0 Å². The van der Waals surface area contributed by atoms with Crippen LogP contribution < -0.4 is 20.9 Å². The van der Waals surface area contributed by atoms with Gasteiger partial charge in [0.25, 0.3) is 10.0 Å². The van der Waals surface area contributed by atoms with Crippen LogP contribution in [0.4, 0.5) is 21.7 Å². The SMILES string of the molecule is COc1cc(-c2cccc(NS(=O)(=O)c3cccs3)c2F)cc2c(N)nc(-c3ccc(N)nc3)nc12. The molecule has 0 aliphatic heterocycles. The predicted molar refractivity (Wildman–Crippen MR) is 139 cm³/mol. The van der Waals surface area contributed by atoms with Gasteiger partial charge in [-0.05, 0) is 47.3 Å². The molecule has 0 atom stereocenters. The minimum absolute atomic E-state index is 0.0803. The third-order valence-electron chi connectivity index (χ3n) is 5.37. The van der Waals surface area contributed by atoms with Crippen LogP contribution in [-0.2, 0) is 10.0 Å². The lowest BCUT2D eigenvalue weighted by Gasteiger charge is -2.14. The lowest BCUT2D eigenvalue weighted by Crippen LogP contribution is -2.12. The van der Waals surface area contributed by atoms with Gasteiger partial charge in [-0.1, -0.05) is 18.2 Å². The van der Waals surface area contributed by atoms with Crippen LogP contribution in [0.3, 0.4) is 0 Å². The summed E-state index contributed by atoms with van der Waals surface area (Å²) in [5.41, 5.74) is 13.3. The van der Waals surface area contributed by atoms with Gasteiger partial charge in [-0.2, -0.15) is 0 Å². The molecular weight excluding hydrogens is 503 g/mol. The van der Waals surface area contributed by atoms with Crippen molar-refractivity contribution in [2.75, 3.05) is 23.3 Å². The Balaban J connectivity index is 1.60. The van der Waals surface area contributed by atoms with Gasteiger partial charge in [0.15, 0.2) is 11.6 Å². The minimum Gasteiger partial charge on any atom is -0.494 e. The highest BCUT2D eigenvalue weighted by atomic mass is 32.2. The van der Waals surface area contributed by atoms with E-state index in [1.807, 2.05) is 0 Å². The second-order valence-corrected chi connectivity index (χ2v) is 10.5. The molecule has 5 rings (SSSR count). The number of nitrogens with one attached hydrogen (secondary N) is 1. The fourth-order valence-corrected chi connectivity index (χ4v) is 5.70. The van der Waals surface area contributed by atoms with Crippen molar-refractivity contribution in [3.8, 4) is 28.3 Å². The Morgan fingerprint density at radius 1 is 1.03 bits per heavy atom. The number of benzene rings is 2. The summed E-state index contributed by atoms with van der Waals surface area (Å²) in [6.07, 6.45) is 1.54. The van der Waals surface area contributed by atoms with Gasteiger partial charge in [-0.15, -0.1) is 11.3 Å². The molecule has 5 aromatic rings. The molecule has 0 fully saturated rings. The number of aromatic nitrogens is 3. The van der Waals surface area contributed by atoms with Crippen molar-refractivity contribution < 1.29 is 17.5 Å². The molecule has 3 heterocycles. The minimum atomic E-state index is -3.93. The first-order valence-corrected chi connectivity index (χ1v) is 12.9. The van der Waals surface area contributed by atoms with E-state index < -0.39 is 15.8 Å². The lowest BCUT2D eigenvalue weighted by atomic mass is 10.0. The van der Waals surface area contributed by atoms with Crippen LogP contribution in [0.2, 0.25) is 0 Å². The van der Waals surface area contributed by atoms with Crippen LogP contribution in [0.15, 0.2) is 70.4 Å². The van der Waals surface area contributed by atoms with Crippen LogP contribution in [0.1, 0.15) is 0 Å². The summed E-state index contributed by atoms with van der Waals surface area (Å²) in [5.74, 6) is 0.432. The van der Waals surface area contributed by atoms with Gasteiger partial charge < -0.3 is 16.2 Å². The Kier molecular flexibility index (Phi) is 5.90. The third-order valence-corrected chi connectivity index (χ3v) is 8.14. The van der Waals surface area contributed by atoms with Crippen molar-refractivity contribution in [2.24, 2.45) is 0 Å². The Morgan fingerprint density at radius 3 is 2.56 bits per heavy atom. The number of halogens is 1. The van der Waals surface area contributed by atoms with Gasteiger partial charge in [0.05, 0.1) is 12.8 Å². The number of ether oxygens (including phenoxy) is 1. The maximum atomic E-state index is 15.5. The molecule has 0 aliphatic rings. The Hall–Kier alpha value is -4.29. The summed E-state index contributed by atoms with van der Waals surface area (Å²) in [4.78, 5) is 13.0. The zero-order valence-corrected chi connectivity index (χ0v) is 20.4. The molecule has 0 radical (unpaired) electrons. The standard InChI is InChI=1S/C24H19FN6O3S2/c1-34-18-11-14(10-16-22(18)29-24(30-23(16)27)13-7-8-19(26)28-12-13)15-4-2-5-17(21(15)25)31-36(32,33)20-6-3-9-35-20/h2-12,31H,1H3,(H2,26,28)(H2,27,29,30). The van der Waals surface area contributed by atoms with Gasteiger partial charge in [-0.3, -0.25) is 4.72 Å². The van der Waals surface area contributed by atoms with E-state index >= 15 is 4.39 Å². The second kappa shape index (κ2) is 9.06. The number of thiophene rings is 1. The molecule has 182 valence electrons. The fraction of sp³-hybridized carbons (Fsp3) is 0.0417. The van der Waals surface area contributed by atoms with Gasteiger partial charge in [-0.25, -0.2) is 27.8 Å². The first-order valence-electron chi connectivity index (χ1n) is 10.5. The molecule has 12 heteroatoms. The number of nitrogen functional groups attached to an aromatic ring is 2. The van der Waals surface area contributed by atoms with Crippen molar-refractivity contribution in [3.63, 3.8) is 0 Å². The number of nitrogens with zero attached hydrogens (tertiary/aromatic N) is 3. The highest BCUT2D eigenvalue weighted by Gasteiger charge is 2.21. The lowest BCUT2D eigenvalue weighted by molar-refractivity contribution is 0.419. The van der Waals surface area contributed by atoms with Crippen molar-refractivity contribution >= 4 is 49.6 Å². The zero-order chi connectivity index (χ0) is 25.4. The van der Waals surface area contributed by atoms with Gasteiger partial charge in [0, 0.05) is 22.7 Å². The van der Waals surface area contributed by atoms with E-state index in [0.29, 0.717) is 39.4 Å². The molecule has 5 N–H and O–H groups in total.